The number of amides is 1. The van der Waals surface area contributed by atoms with Gasteiger partial charge in [0.1, 0.15) is 6.33 Å². The fourth-order valence-corrected chi connectivity index (χ4v) is 2.66. The molecule has 6 nitrogen and oxygen atoms in total. The number of fused-ring (bicyclic) bond motifs is 2. The van der Waals surface area contributed by atoms with Gasteiger partial charge in [0, 0.05) is 30.2 Å². The second-order valence-corrected chi connectivity index (χ2v) is 4.92. The van der Waals surface area contributed by atoms with Crippen molar-refractivity contribution in [3.8, 4) is 0 Å². The van der Waals surface area contributed by atoms with Gasteiger partial charge in [0.15, 0.2) is 5.82 Å². The second kappa shape index (κ2) is 4.19. The van der Waals surface area contributed by atoms with Crippen LogP contribution in [-0.4, -0.2) is 37.1 Å². The number of nitrogens with zero attached hydrogens (tertiary/aromatic N) is 4. The highest BCUT2D eigenvalue weighted by molar-refractivity contribution is 6.06. The van der Waals surface area contributed by atoms with Crippen molar-refractivity contribution in [3.63, 3.8) is 0 Å². The molecule has 1 N–H and O–H groups in total. The predicted octanol–water partition coefficient (Wildman–Crippen LogP) is 1.42. The van der Waals surface area contributed by atoms with Gasteiger partial charge in [-0.25, -0.2) is 0 Å². The molecule has 0 aliphatic carbocycles. The summed E-state index contributed by atoms with van der Waals surface area (Å²) in [6, 6.07) is 7.83. The van der Waals surface area contributed by atoms with Crippen LogP contribution in [0.4, 0.5) is 0 Å². The van der Waals surface area contributed by atoms with E-state index in [-0.39, 0.29) is 5.91 Å². The molecule has 0 spiro atoms. The molecule has 0 unspecified atom stereocenters. The van der Waals surface area contributed by atoms with E-state index in [2.05, 4.69) is 15.2 Å². The molecule has 3 aromatic rings. The van der Waals surface area contributed by atoms with Crippen molar-refractivity contribution in [2.75, 3.05) is 6.54 Å². The minimum absolute atomic E-state index is 0.0386. The summed E-state index contributed by atoms with van der Waals surface area (Å²) < 4.78 is 1.99. The fraction of sp³-hybridized carbons (Fsp3) is 0.214. The van der Waals surface area contributed by atoms with E-state index in [1.165, 1.54) is 0 Å². The average Bonchev–Trinajstić information content (AvgIpc) is 3.12. The molecule has 100 valence electrons. The summed E-state index contributed by atoms with van der Waals surface area (Å²) in [5, 5.41) is 8.89. The van der Waals surface area contributed by atoms with Crippen molar-refractivity contribution in [2.24, 2.45) is 0 Å². The van der Waals surface area contributed by atoms with E-state index in [9.17, 15) is 4.79 Å². The van der Waals surface area contributed by atoms with Crippen molar-refractivity contribution >= 4 is 16.8 Å². The molecule has 1 aliphatic heterocycles. The summed E-state index contributed by atoms with van der Waals surface area (Å²) >= 11 is 0. The van der Waals surface area contributed by atoms with Crippen LogP contribution in [0.5, 0.6) is 0 Å². The normalized spacial score (nSPS) is 14.5. The van der Waals surface area contributed by atoms with Gasteiger partial charge in [-0.15, -0.1) is 10.2 Å². The zero-order valence-corrected chi connectivity index (χ0v) is 10.8. The monoisotopic (exact) mass is 267 g/mol. The molecule has 0 radical (unpaired) electrons. The summed E-state index contributed by atoms with van der Waals surface area (Å²) in [5.74, 6) is 0.876. The maximum absolute atomic E-state index is 12.7. The molecule has 0 bridgehead atoms. The van der Waals surface area contributed by atoms with E-state index in [1.807, 2.05) is 33.7 Å². The van der Waals surface area contributed by atoms with Crippen molar-refractivity contribution in [1.29, 1.82) is 0 Å². The largest absolute Gasteiger partial charge is 0.360 e. The van der Waals surface area contributed by atoms with E-state index < -0.39 is 0 Å². The van der Waals surface area contributed by atoms with Gasteiger partial charge in [0.05, 0.1) is 12.1 Å². The zero-order valence-electron chi connectivity index (χ0n) is 10.8. The van der Waals surface area contributed by atoms with Gasteiger partial charge >= 0.3 is 0 Å². The van der Waals surface area contributed by atoms with Gasteiger partial charge < -0.3 is 14.5 Å². The maximum atomic E-state index is 12.7. The van der Waals surface area contributed by atoms with Gasteiger partial charge in [0.2, 0.25) is 0 Å². The Hall–Kier alpha value is -2.63. The van der Waals surface area contributed by atoms with Gasteiger partial charge in [-0.2, -0.15) is 0 Å². The third-order valence-corrected chi connectivity index (χ3v) is 3.75. The number of aromatic nitrogens is 4. The van der Waals surface area contributed by atoms with Crippen LogP contribution in [0.3, 0.4) is 0 Å². The number of rotatable bonds is 1. The quantitative estimate of drug-likeness (QED) is 0.725. The Kier molecular flexibility index (Phi) is 2.35. The van der Waals surface area contributed by atoms with Crippen LogP contribution in [-0.2, 0) is 13.1 Å². The van der Waals surface area contributed by atoms with Crippen LogP contribution in [0.25, 0.3) is 10.9 Å². The Morgan fingerprint density at radius 3 is 3.10 bits per heavy atom. The lowest BCUT2D eigenvalue weighted by Gasteiger charge is -2.26. The Labute approximate surface area is 115 Å². The Balaban J connectivity index is 1.68. The van der Waals surface area contributed by atoms with Gasteiger partial charge in [-0.1, -0.05) is 18.2 Å². The molecule has 0 saturated heterocycles. The summed E-state index contributed by atoms with van der Waals surface area (Å²) in [4.78, 5) is 17.6. The van der Waals surface area contributed by atoms with Gasteiger partial charge in [-0.3, -0.25) is 4.79 Å². The van der Waals surface area contributed by atoms with E-state index in [4.69, 9.17) is 0 Å². The molecule has 3 heterocycles. The Bertz CT molecular complexity index is 788. The molecular weight excluding hydrogens is 254 g/mol. The molecule has 1 amide bonds. The summed E-state index contributed by atoms with van der Waals surface area (Å²) in [5.41, 5.74) is 1.70. The number of benzene rings is 1. The van der Waals surface area contributed by atoms with Crippen molar-refractivity contribution < 1.29 is 4.79 Å². The molecule has 1 aliphatic rings. The smallest absolute Gasteiger partial charge is 0.256 e. The highest BCUT2D eigenvalue weighted by Crippen LogP contribution is 2.21. The summed E-state index contributed by atoms with van der Waals surface area (Å²) in [7, 11) is 0. The standard InChI is InChI=1S/C14H13N5O/c20-14(11-7-15-12-4-2-1-3-10(11)12)18-5-6-19-9-16-17-13(19)8-18/h1-4,7,9,15H,5-6,8H2. The topological polar surface area (TPSA) is 66.8 Å². The lowest BCUT2D eigenvalue weighted by Crippen LogP contribution is -2.38. The molecule has 0 fully saturated rings. The first-order valence-corrected chi connectivity index (χ1v) is 6.55. The predicted molar refractivity (Wildman–Crippen MR) is 73.1 cm³/mol. The third-order valence-electron chi connectivity index (χ3n) is 3.75. The van der Waals surface area contributed by atoms with Crippen LogP contribution >= 0.6 is 0 Å². The van der Waals surface area contributed by atoms with E-state index in [0.29, 0.717) is 18.7 Å². The van der Waals surface area contributed by atoms with E-state index in [0.717, 1.165) is 23.3 Å². The van der Waals surface area contributed by atoms with Crippen LogP contribution in [0.2, 0.25) is 0 Å². The first-order chi connectivity index (χ1) is 9.83. The van der Waals surface area contributed by atoms with Crippen molar-refractivity contribution in [3.05, 3.63) is 48.2 Å². The fourth-order valence-electron chi connectivity index (χ4n) is 2.66. The number of aromatic amines is 1. The van der Waals surface area contributed by atoms with Crippen LogP contribution in [0.1, 0.15) is 16.2 Å². The molecule has 2 aromatic heterocycles. The van der Waals surface area contributed by atoms with Gasteiger partial charge in [-0.05, 0) is 6.07 Å². The zero-order chi connectivity index (χ0) is 13.5. The molecule has 4 rings (SSSR count). The summed E-state index contributed by atoms with van der Waals surface area (Å²) in [6.45, 7) is 1.94. The van der Waals surface area contributed by atoms with Crippen LogP contribution in [0.15, 0.2) is 36.8 Å². The Morgan fingerprint density at radius 2 is 2.15 bits per heavy atom. The average molecular weight is 267 g/mol. The lowest BCUT2D eigenvalue weighted by atomic mass is 10.1. The van der Waals surface area contributed by atoms with E-state index >= 15 is 0 Å². The number of carbonyl (C=O) groups excluding carboxylic acids is 1. The van der Waals surface area contributed by atoms with Crippen molar-refractivity contribution in [1.82, 2.24) is 24.6 Å². The highest BCUT2D eigenvalue weighted by atomic mass is 16.2. The minimum Gasteiger partial charge on any atom is -0.360 e. The first-order valence-electron chi connectivity index (χ1n) is 6.55. The molecule has 1 aromatic carbocycles. The van der Waals surface area contributed by atoms with Crippen molar-refractivity contribution in [2.45, 2.75) is 13.1 Å². The SMILES string of the molecule is O=C(c1c[nH]c2ccccc12)N1CCn2cnnc2C1. The summed E-state index contributed by atoms with van der Waals surface area (Å²) in [6.07, 6.45) is 3.50. The number of H-pyrrole nitrogens is 1. The molecule has 0 atom stereocenters. The van der Waals surface area contributed by atoms with Gasteiger partial charge in [0.25, 0.3) is 5.91 Å². The number of carbonyl (C=O) groups is 1. The first kappa shape index (κ1) is 11.2. The van der Waals surface area contributed by atoms with Crippen LogP contribution in [0, 0.1) is 0 Å². The molecular formula is C14H13N5O. The highest BCUT2D eigenvalue weighted by Gasteiger charge is 2.24. The minimum atomic E-state index is 0.0386. The van der Waals surface area contributed by atoms with E-state index in [1.54, 1.807) is 12.5 Å². The molecule has 20 heavy (non-hydrogen) atoms. The number of nitrogens with one attached hydrogen (secondary N) is 1. The molecule has 0 saturated carbocycles. The third kappa shape index (κ3) is 1.61. The van der Waals surface area contributed by atoms with Crippen LogP contribution < -0.4 is 0 Å². The second-order valence-electron chi connectivity index (χ2n) is 4.92. The lowest BCUT2D eigenvalue weighted by molar-refractivity contribution is 0.0709. The number of para-hydroxylation sites is 1. The number of hydrogen-bond donors (Lipinski definition) is 1. The maximum Gasteiger partial charge on any atom is 0.256 e. The Morgan fingerprint density at radius 1 is 1.25 bits per heavy atom. The number of hydrogen-bond acceptors (Lipinski definition) is 3. The molecule has 6 heteroatoms.